The molecule has 2 aromatic heterocycles. The van der Waals surface area contributed by atoms with Gasteiger partial charge in [-0.3, -0.25) is 9.78 Å². The third-order valence-corrected chi connectivity index (χ3v) is 3.58. The zero-order valence-electron chi connectivity index (χ0n) is 13.2. The summed E-state index contributed by atoms with van der Waals surface area (Å²) in [6, 6.07) is 5.27. The maximum absolute atomic E-state index is 12.4. The van der Waals surface area contributed by atoms with Crippen molar-refractivity contribution < 1.29 is 9.53 Å². The Hall–Kier alpha value is -2.12. The monoisotopic (exact) mass is 371 g/mol. The summed E-state index contributed by atoms with van der Waals surface area (Å²) in [6.07, 6.45) is 4.93. The lowest BCUT2D eigenvalue weighted by Gasteiger charge is -2.34. The Morgan fingerprint density at radius 3 is 2.50 bits per heavy atom. The minimum absolute atomic E-state index is 0. The van der Waals surface area contributed by atoms with E-state index in [0.717, 1.165) is 0 Å². The third-order valence-electron chi connectivity index (χ3n) is 3.58. The van der Waals surface area contributed by atoms with Gasteiger partial charge in [0.1, 0.15) is 0 Å². The van der Waals surface area contributed by atoms with Crippen molar-refractivity contribution in [2.75, 3.05) is 38.2 Å². The molecule has 0 N–H and O–H groups in total. The number of carbonyl (C=O) groups is 1. The predicted octanol–water partition coefficient (Wildman–Crippen LogP) is 1.69. The lowest BCUT2D eigenvalue weighted by Crippen LogP contribution is -2.49. The fourth-order valence-corrected chi connectivity index (χ4v) is 2.38. The van der Waals surface area contributed by atoms with Crippen LogP contribution >= 0.6 is 24.8 Å². The molecule has 1 fully saturated rings. The van der Waals surface area contributed by atoms with Gasteiger partial charge < -0.3 is 14.5 Å². The predicted molar refractivity (Wildman–Crippen MR) is 95.4 cm³/mol. The number of halogens is 2. The fraction of sp³-hybridized carbons (Fsp3) is 0.333. The lowest BCUT2D eigenvalue weighted by atomic mass is 10.2. The topological polar surface area (TPSA) is 71.5 Å². The van der Waals surface area contributed by atoms with Crippen molar-refractivity contribution in [2.45, 2.75) is 0 Å². The first-order chi connectivity index (χ1) is 10.8. The molecule has 0 aliphatic carbocycles. The molecule has 0 aromatic carbocycles. The molecule has 0 unspecified atom stereocenters. The summed E-state index contributed by atoms with van der Waals surface area (Å²) in [5.41, 5.74) is 0.619. The van der Waals surface area contributed by atoms with Crippen molar-refractivity contribution in [2.24, 2.45) is 0 Å². The molecule has 1 aliphatic rings. The molecule has 130 valence electrons. The van der Waals surface area contributed by atoms with E-state index in [1.807, 2.05) is 4.90 Å². The molecule has 3 heterocycles. The zero-order chi connectivity index (χ0) is 15.4. The number of hydrogen-bond acceptors (Lipinski definition) is 6. The van der Waals surface area contributed by atoms with Gasteiger partial charge in [0.05, 0.1) is 12.7 Å². The van der Waals surface area contributed by atoms with Crippen LogP contribution in [0.1, 0.15) is 10.4 Å². The minimum Gasteiger partial charge on any atom is -0.481 e. The van der Waals surface area contributed by atoms with Gasteiger partial charge >= 0.3 is 0 Å². The molecule has 9 heteroatoms. The molecule has 24 heavy (non-hydrogen) atoms. The number of piperazine rings is 1. The molecule has 1 amide bonds. The van der Waals surface area contributed by atoms with Crippen molar-refractivity contribution in [3.05, 3.63) is 42.4 Å². The average molecular weight is 372 g/mol. The van der Waals surface area contributed by atoms with Crippen molar-refractivity contribution >= 4 is 36.7 Å². The minimum atomic E-state index is 0. The van der Waals surface area contributed by atoms with Crippen LogP contribution in [0.2, 0.25) is 0 Å². The number of rotatable bonds is 3. The molecule has 0 saturated carbocycles. The van der Waals surface area contributed by atoms with Crippen LogP contribution in [0.3, 0.4) is 0 Å². The summed E-state index contributed by atoms with van der Waals surface area (Å²) >= 11 is 0. The first kappa shape index (κ1) is 19.9. The zero-order valence-corrected chi connectivity index (χ0v) is 14.8. The van der Waals surface area contributed by atoms with Crippen LogP contribution in [0.15, 0.2) is 36.8 Å². The number of ether oxygens (including phenoxy) is 1. The Balaban J connectivity index is 0.00000144. The van der Waals surface area contributed by atoms with E-state index >= 15 is 0 Å². The van der Waals surface area contributed by atoms with Crippen LogP contribution in [0.25, 0.3) is 0 Å². The molecule has 0 radical (unpaired) electrons. The van der Waals surface area contributed by atoms with Crippen LogP contribution in [0, 0.1) is 0 Å². The number of carbonyl (C=O) groups excluding carboxylic acids is 1. The third kappa shape index (κ3) is 4.46. The highest BCUT2D eigenvalue weighted by molar-refractivity contribution is 5.94. The quantitative estimate of drug-likeness (QED) is 0.817. The Labute approximate surface area is 152 Å². The average Bonchev–Trinajstić information content (AvgIpc) is 2.62. The van der Waals surface area contributed by atoms with E-state index in [-0.39, 0.29) is 30.7 Å². The van der Waals surface area contributed by atoms with Crippen LogP contribution in [0.5, 0.6) is 5.88 Å². The second-order valence-electron chi connectivity index (χ2n) is 4.92. The van der Waals surface area contributed by atoms with Crippen molar-refractivity contribution in [3.63, 3.8) is 0 Å². The first-order valence-electron chi connectivity index (χ1n) is 7.09. The van der Waals surface area contributed by atoms with Crippen molar-refractivity contribution in [3.8, 4) is 5.88 Å². The van der Waals surface area contributed by atoms with E-state index < -0.39 is 0 Å². The smallest absolute Gasteiger partial charge is 0.255 e. The number of amides is 1. The largest absolute Gasteiger partial charge is 0.481 e. The maximum Gasteiger partial charge on any atom is 0.255 e. The summed E-state index contributed by atoms with van der Waals surface area (Å²) in [6.45, 7) is 2.65. The Morgan fingerprint density at radius 1 is 1.12 bits per heavy atom. The van der Waals surface area contributed by atoms with Crippen LogP contribution in [0.4, 0.5) is 5.95 Å². The molecule has 0 atom stereocenters. The number of pyridine rings is 1. The van der Waals surface area contributed by atoms with Crippen molar-refractivity contribution in [1.82, 2.24) is 19.9 Å². The highest BCUT2D eigenvalue weighted by Crippen LogP contribution is 2.15. The lowest BCUT2D eigenvalue weighted by molar-refractivity contribution is 0.0745. The second-order valence-corrected chi connectivity index (χ2v) is 4.92. The highest BCUT2D eigenvalue weighted by Gasteiger charge is 2.23. The normalized spacial score (nSPS) is 13.5. The van der Waals surface area contributed by atoms with Gasteiger partial charge in [0, 0.05) is 50.8 Å². The van der Waals surface area contributed by atoms with E-state index in [9.17, 15) is 4.79 Å². The van der Waals surface area contributed by atoms with E-state index in [2.05, 4.69) is 19.9 Å². The number of anilines is 1. The fourth-order valence-electron chi connectivity index (χ4n) is 2.38. The molecule has 0 spiro atoms. The molecule has 1 saturated heterocycles. The molecule has 1 aliphatic heterocycles. The number of methoxy groups -OCH3 is 1. The Bertz CT molecular complexity index is 651. The summed E-state index contributed by atoms with van der Waals surface area (Å²) in [4.78, 5) is 28.8. The van der Waals surface area contributed by atoms with Gasteiger partial charge in [-0.2, -0.15) is 4.98 Å². The number of nitrogens with zero attached hydrogens (tertiary/aromatic N) is 5. The number of hydrogen-bond donors (Lipinski definition) is 0. The van der Waals surface area contributed by atoms with E-state index in [1.165, 1.54) is 0 Å². The maximum atomic E-state index is 12.4. The van der Waals surface area contributed by atoms with Gasteiger partial charge in [0.15, 0.2) is 0 Å². The second kappa shape index (κ2) is 9.24. The Morgan fingerprint density at radius 2 is 1.88 bits per heavy atom. The molecule has 3 rings (SSSR count). The summed E-state index contributed by atoms with van der Waals surface area (Å²) in [5.74, 6) is 1.19. The van der Waals surface area contributed by atoms with E-state index in [1.54, 1.807) is 43.9 Å². The van der Waals surface area contributed by atoms with Crippen molar-refractivity contribution in [1.29, 1.82) is 0 Å². The van der Waals surface area contributed by atoms with Gasteiger partial charge in [-0.15, -0.1) is 24.8 Å². The van der Waals surface area contributed by atoms with Gasteiger partial charge in [-0.05, 0) is 12.1 Å². The van der Waals surface area contributed by atoms with E-state index in [0.29, 0.717) is 43.6 Å². The highest BCUT2D eigenvalue weighted by atomic mass is 35.5. The van der Waals surface area contributed by atoms with Crippen LogP contribution < -0.4 is 9.64 Å². The summed E-state index contributed by atoms with van der Waals surface area (Å²) in [5, 5.41) is 0. The van der Waals surface area contributed by atoms with Gasteiger partial charge in [-0.25, -0.2) is 4.98 Å². The molecule has 2 aromatic rings. The Kier molecular flexibility index (Phi) is 7.67. The molecule has 7 nitrogen and oxygen atoms in total. The molecular weight excluding hydrogens is 353 g/mol. The standard InChI is InChI=1S/C15H17N5O2.2ClH/c1-22-13-4-6-17-15(18-13)20-9-7-19(8-10-20)14(21)12-3-2-5-16-11-12;;/h2-6,11H,7-10H2,1H3;2*1H. The SMILES string of the molecule is COc1ccnc(N2CCN(C(=O)c3cccnc3)CC2)n1.Cl.Cl. The summed E-state index contributed by atoms with van der Waals surface area (Å²) < 4.78 is 5.11. The van der Waals surface area contributed by atoms with E-state index in [4.69, 9.17) is 4.74 Å². The molecular formula is C15H19Cl2N5O2. The van der Waals surface area contributed by atoms with Crippen LogP contribution in [-0.4, -0.2) is 59.0 Å². The van der Waals surface area contributed by atoms with Gasteiger partial charge in [0.2, 0.25) is 11.8 Å². The number of aromatic nitrogens is 3. The van der Waals surface area contributed by atoms with Crippen LogP contribution in [-0.2, 0) is 0 Å². The van der Waals surface area contributed by atoms with Gasteiger partial charge in [0.25, 0.3) is 5.91 Å². The first-order valence-corrected chi connectivity index (χ1v) is 7.09. The molecule has 0 bridgehead atoms. The summed E-state index contributed by atoms with van der Waals surface area (Å²) in [7, 11) is 1.58. The van der Waals surface area contributed by atoms with Gasteiger partial charge in [-0.1, -0.05) is 0 Å².